The van der Waals surface area contributed by atoms with Crippen LogP contribution in [0.4, 0.5) is 10.5 Å². The molecule has 1 aliphatic rings. The summed E-state index contributed by atoms with van der Waals surface area (Å²) < 4.78 is 0. The zero-order valence-electron chi connectivity index (χ0n) is 15.4. The molecule has 1 N–H and O–H groups in total. The van der Waals surface area contributed by atoms with E-state index in [2.05, 4.69) is 22.8 Å². The molecule has 0 spiro atoms. The Hall–Kier alpha value is -2.66. The van der Waals surface area contributed by atoms with Crippen molar-refractivity contribution in [3.8, 4) is 11.3 Å². The van der Waals surface area contributed by atoms with Crippen molar-refractivity contribution in [1.82, 2.24) is 9.88 Å². The lowest BCUT2D eigenvalue weighted by molar-refractivity contribution is 0.194. The third-order valence-electron chi connectivity index (χ3n) is 5.03. The van der Waals surface area contributed by atoms with Gasteiger partial charge in [-0.05, 0) is 31.9 Å². The van der Waals surface area contributed by atoms with Crippen LogP contribution in [-0.2, 0) is 0 Å². The Kier molecular flexibility index (Phi) is 5.21. The molecule has 4 nitrogen and oxygen atoms in total. The summed E-state index contributed by atoms with van der Waals surface area (Å²) >= 11 is 1.73. The van der Waals surface area contributed by atoms with Crippen molar-refractivity contribution in [2.24, 2.45) is 0 Å². The number of thiazole rings is 1. The van der Waals surface area contributed by atoms with E-state index in [0.29, 0.717) is 5.92 Å². The van der Waals surface area contributed by atoms with Crippen molar-refractivity contribution in [2.45, 2.75) is 25.7 Å². The largest absolute Gasteiger partial charge is 0.324 e. The van der Waals surface area contributed by atoms with Crippen LogP contribution in [0.5, 0.6) is 0 Å². The summed E-state index contributed by atoms with van der Waals surface area (Å²) in [5.41, 5.74) is 4.25. The van der Waals surface area contributed by atoms with Gasteiger partial charge in [0.25, 0.3) is 0 Å². The van der Waals surface area contributed by atoms with Crippen molar-refractivity contribution in [3.05, 3.63) is 70.5 Å². The third-order valence-corrected chi connectivity index (χ3v) is 6.03. The van der Waals surface area contributed by atoms with Gasteiger partial charge in [0.05, 0.1) is 10.7 Å². The quantitative estimate of drug-likeness (QED) is 0.652. The van der Waals surface area contributed by atoms with Crippen LogP contribution in [0.3, 0.4) is 0 Å². The van der Waals surface area contributed by atoms with Gasteiger partial charge in [-0.25, -0.2) is 9.78 Å². The number of piperidine rings is 1. The SMILES string of the molecule is Cc1ccc(NC(=O)N2CCC(c3nc(-c4ccccc4)cs3)CC2)cc1. The predicted molar refractivity (Wildman–Crippen MR) is 111 cm³/mol. The van der Waals surface area contributed by atoms with Gasteiger partial charge in [-0.2, -0.15) is 0 Å². The lowest BCUT2D eigenvalue weighted by atomic mass is 9.98. The second-order valence-corrected chi connectivity index (χ2v) is 7.88. The fourth-order valence-corrected chi connectivity index (χ4v) is 4.39. The molecule has 138 valence electrons. The smallest absolute Gasteiger partial charge is 0.321 e. The predicted octanol–water partition coefficient (Wildman–Crippen LogP) is 5.53. The molecule has 0 saturated carbocycles. The van der Waals surface area contributed by atoms with E-state index in [1.807, 2.05) is 54.3 Å². The van der Waals surface area contributed by atoms with E-state index >= 15 is 0 Å². The Morgan fingerprint density at radius 1 is 1.07 bits per heavy atom. The van der Waals surface area contributed by atoms with Crippen LogP contribution >= 0.6 is 11.3 Å². The van der Waals surface area contributed by atoms with E-state index in [-0.39, 0.29) is 6.03 Å². The molecule has 2 amide bonds. The van der Waals surface area contributed by atoms with E-state index in [4.69, 9.17) is 4.98 Å². The molecule has 2 heterocycles. The van der Waals surface area contributed by atoms with Crippen LogP contribution in [-0.4, -0.2) is 29.0 Å². The molecule has 3 aromatic rings. The van der Waals surface area contributed by atoms with Gasteiger partial charge in [0, 0.05) is 35.6 Å². The van der Waals surface area contributed by atoms with Gasteiger partial charge in [-0.15, -0.1) is 11.3 Å². The Balaban J connectivity index is 1.34. The Morgan fingerprint density at radius 2 is 1.78 bits per heavy atom. The van der Waals surface area contributed by atoms with Gasteiger partial charge < -0.3 is 10.2 Å². The number of benzene rings is 2. The first-order valence-corrected chi connectivity index (χ1v) is 10.2. The van der Waals surface area contributed by atoms with Crippen LogP contribution in [0.25, 0.3) is 11.3 Å². The number of aromatic nitrogens is 1. The number of hydrogen-bond donors (Lipinski definition) is 1. The van der Waals surface area contributed by atoms with E-state index in [1.54, 1.807) is 11.3 Å². The summed E-state index contributed by atoms with van der Waals surface area (Å²) in [6, 6.07) is 18.2. The van der Waals surface area contributed by atoms with Crippen LogP contribution in [0.15, 0.2) is 60.0 Å². The average molecular weight is 378 g/mol. The molecule has 5 heteroatoms. The number of amides is 2. The lowest BCUT2D eigenvalue weighted by Gasteiger charge is -2.31. The minimum atomic E-state index is -0.0126. The summed E-state index contributed by atoms with van der Waals surface area (Å²) in [4.78, 5) is 19.2. The molecule has 0 unspecified atom stereocenters. The van der Waals surface area contributed by atoms with Crippen molar-refractivity contribution in [1.29, 1.82) is 0 Å². The number of carbonyl (C=O) groups is 1. The van der Waals surface area contributed by atoms with Gasteiger partial charge in [0.1, 0.15) is 0 Å². The van der Waals surface area contributed by atoms with Crippen molar-refractivity contribution >= 4 is 23.1 Å². The average Bonchev–Trinajstić information content (AvgIpc) is 3.21. The Bertz CT molecular complexity index is 897. The topological polar surface area (TPSA) is 45.2 Å². The molecule has 2 aromatic carbocycles. The molecular formula is C22H23N3OS. The molecule has 27 heavy (non-hydrogen) atoms. The third kappa shape index (κ3) is 4.19. The number of aryl methyl sites for hydroxylation is 1. The van der Waals surface area contributed by atoms with E-state index < -0.39 is 0 Å². The first-order valence-electron chi connectivity index (χ1n) is 9.32. The van der Waals surface area contributed by atoms with Gasteiger partial charge in [0.15, 0.2) is 0 Å². The minimum Gasteiger partial charge on any atom is -0.324 e. The maximum atomic E-state index is 12.5. The molecule has 0 atom stereocenters. The fourth-order valence-electron chi connectivity index (χ4n) is 3.39. The van der Waals surface area contributed by atoms with Crippen molar-refractivity contribution in [3.63, 3.8) is 0 Å². The lowest BCUT2D eigenvalue weighted by Crippen LogP contribution is -2.40. The number of carbonyl (C=O) groups excluding carboxylic acids is 1. The standard InChI is InChI=1S/C22H23N3OS/c1-16-7-9-19(10-8-16)23-22(26)25-13-11-18(12-14-25)21-24-20(15-27-21)17-5-3-2-4-6-17/h2-10,15,18H,11-14H2,1H3,(H,23,26). The minimum absolute atomic E-state index is 0.0126. The Labute approximate surface area is 163 Å². The van der Waals surface area contributed by atoms with Crippen LogP contribution in [0.2, 0.25) is 0 Å². The normalized spacial score (nSPS) is 14.9. The highest BCUT2D eigenvalue weighted by Gasteiger charge is 2.25. The summed E-state index contributed by atoms with van der Waals surface area (Å²) in [5, 5.41) is 6.32. The highest BCUT2D eigenvalue weighted by molar-refractivity contribution is 7.10. The second-order valence-electron chi connectivity index (χ2n) is 6.99. The van der Waals surface area contributed by atoms with Gasteiger partial charge >= 0.3 is 6.03 Å². The molecule has 1 fully saturated rings. The molecule has 0 radical (unpaired) electrons. The number of nitrogens with one attached hydrogen (secondary N) is 1. The van der Waals surface area contributed by atoms with Gasteiger partial charge in [-0.3, -0.25) is 0 Å². The number of hydrogen-bond acceptors (Lipinski definition) is 3. The van der Waals surface area contributed by atoms with Crippen molar-refractivity contribution < 1.29 is 4.79 Å². The maximum absolute atomic E-state index is 12.5. The highest BCUT2D eigenvalue weighted by atomic mass is 32.1. The summed E-state index contributed by atoms with van der Waals surface area (Å²) in [6.07, 6.45) is 1.92. The van der Waals surface area contributed by atoms with E-state index in [0.717, 1.165) is 42.9 Å². The summed E-state index contributed by atoms with van der Waals surface area (Å²) in [5.74, 6) is 0.441. The number of rotatable bonds is 3. The molecular weight excluding hydrogens is 354 g/mol. The van der Waals surface area contributed by atoms with Gasteiger partial charge in [0.2, 0.25) is 0 Å². The zero-order chi connectivity index (χ0) is 18.6. The van der Waals surface area contributed by atoms with Crippen LogP contribution in [0, 0.1) is 6.92 Å². The van der Waals surface area contributed by atoms with Crippen LogP contribution in [0.1, 0.15) is 29.3 Å². The monoisotopic (exact) mass is 377 g/mol. The number of anilines is 1. The highest BCUT2D eigenvalue weighted by Crippen LogP contribution is 2.33. The second kappa shape index (κ2) is 7.92. The summed E-state index contributed by atoms with van der Waals surface area (Å²) in [7, 11) is 0. The maximum Gasteiger partial charge on any atom is 0.321 e. The number of urea groups is 1. The number of nitrogens with zero attached hydrogens (tertiary/aromatic N) is 2. The molecule has 4 rings (SSSR count). The first-order chi connectivity index (χ1) is 13.2. The fraction of sp³-hybridized carbons (Fsp3) is 0.273. The van der Waals surface area contributed by atoms with Gasteiger partial charge in [-0.1, -0.05) is 48.0 Å². The molecule has 1 saturated heterocycles. The zero-order valence-corrected chi connectivity index (χ0v) is 16.2. The summed E-state index contributed by atoms with van der Waals surface area (Å²) in [6.45, 7) is 3.57. The molecule has 0 aliphatic carbocycles. The number of likely N-dealkylation sites (tertiary alicyclic amines) is 1. The van der Waals surface area contributed by atoms with E-state index in [9.17, 15) is 4.79 Å². The van der Waals surface area contributed by atoms with Crippen molar-refractivity contribution in [2.75, 3.05) is 18.4 Å². The molecule has 1 aliphatic heterocycles. The molecule has 1 aromatic heterocycles. The van der Waals surface area contributed by atoms with E-state index in [1.165, 1.54) is 10.6 Å². The first kappa shape index (κ1) is 17.7. The molecule has 0 bridgehead atoms. The van der Waals surface area contributed by atoms with Crippen LogP contribution < -0.4 is 5.32 Å². The Morgan fingerprint density at radius 3 is 2.48 bits per heavy atom.